The Balaban J connectivity index is 1.58. The van der Waals surface area contributed by atoms with Crippen LogP contribution in [0.3, 0.4) is 0 Å². The zero-order chi connectivity index (χ0) is 26.8. The number of amides is 1. The molecule has 1 aliphatic heterocycles. The fraction of sp³-hybridized carbons (Fsp3) is 0.655. The molecule has 0 bridgehead atoms. The molecule has 1 saturated heterocycles. The summed E-state index contributed by atoms with van der Waals surface area (Å²) in [6.07, 6.45) is 11.2. The van der Waals surface area contributed by atoms with Gasteiger partial charge in [-0.2, -0.15) is 0 Å². The predicted octanol–water partition coefficient (Wildman–Crippen LogP) is 7.03. The summed E-state index contributed by atoms with van der Waals surface area (Å²) >= 11 is 0. The Kier molecular flexibility index (Phi) is 11.0. The predicted molar refractivity (Wildman–Crippen MR) is 144 cm³/mol. The van der Waals surface area contributed by atoms with E-state index in [1.165, 1.54) is 25.6 Å². The van der Waals surface area contributed by atoms with Gasteiger partial charge in [0.25, 0.3) is 0 Å². The summed E-state index contributed by atoms with van der Waals surface area (Å²) in [5.74, 6) is 2.00. The molecule has 8 nitrogen and oxygen atoms in total. The first-order chi connectivity index (χ1) is 17.8. The average Bonchev–Trinajstić information content (AvgIpc) is 3.24. The van der Waals surface area contributed by atoms with E-state index in [9.17, 15) is 4.79 Å². The van der Waals surface area contributed by atoms with E-state index in [0.717, 1.165) is 36.9 Å². The number of hydrogen-bond acceptors (Lipinski definition) is 7. The lowest BCUT2D eigenvalue weighted by Gasteiger charge is -2.30. The molecule has 0 spiro atoms. The van der Waals surface area contributed by atoms with E-state index in [2.05, 4.69) is 35.7 Å². The van der Waals surface area contributed by atoms with Gasteiger partial charge < -0.3 is 19.1 Å². The van der Waals surface area contributed by atoms with E-state index in [4.69, 9.17) is 14.2 Å². The summed E-state index contributed by atoms with van der Waals surface area (Å²) in [5.41, 5.74) is 1.51. The molecule has 0 aliphatic carbocycles. The molecular weight excluding hydrogens is 468 g/mol. The molecule has 2 aromatic rings. The molecule has 1 fully saturated rings. The molecule has 3 unspecified atom stereocenters. The van der Waals surface area contributed by atoms with Crippen LogP contribution in [0.25, 0.3) is 0 Å². The Labute approximate surface area is 222 Å². The van der Waals surface area contributed by atoms with E-state index in [1.54, 1.807) is 6.20 Å². The molecule has 0 N–H and O–H groups in total. The second kappa shape index (κ2) is 14.1. The van der Waals surface area contributed by atoms with Gasteiger partial charge in [0.05, 0.1) is 24.0 Å². The van der Waals surface area contributed by atoms with Crippen LogP contribution in [0.15, 0.2) is 24.7 Å². The maximum atomic E-state index is 13.1. The van der Waals surface area contributed by atoms with E-state index in [-0.39, 0.29) is 24.3 Å². The summed E-state index contributed by atoms with van der Waals surface area (Å²) in [7, 11) is 0. The van der Waals surface area contributed by atoms with Crippen molar-refractivity contribution in [2.24, 2.45) is 5.92 Å². The second-order valence-electron chi connectivity index (χ2n) is 10.3. The van der Waals surface area contributed by atoms with Crippen LogP contribution in [-0.2, 0) is 4.74 Å². The molecule has 1 amide bonds. The van der Waals surface area contributed by atoms with Gasteiger partial charge in [0.1, 0.15) is 6.33 Å². The Morgan fingerprint density at radius 2 is 1.92 bits per heavy atom. The van der Waals surface area contributed by atoms with Crippen molar-refractivity contribution in [2.45, 2.75) is 111 Å². The van der Waals surface area contributed by atoms with Crippen LogP contribution in [0.2, 0.25) is 0 Å². The summed E-state index contributed by atoms with van der Waals surface area (Å²) in [4.78, 5) is 27.9. The molecule has 0 aromatic carbocycles. The van der Waals surface area contributed by atoms with Gasteiger partial charge in [-0.05, 0) is 65.0 Å². The lowest BCUT2D eigenvalue weighted by atomic mass is 10.00. The van der Waals surface area contributed by atoms with Crippen LogP contribution in [0.1, 0.15) is 90.3 Å². The zero-order valence-electron chi connectivity index (χ0n) is 23.4. The number of carbonyl (C=O) groups is 1. The van der Waals surface area contributed by atoms with Gasteiger partial charge >= 0.3 is 6.09 Å². The number of rotatable bonds is 13. The maximum Gasteiger partial charge on any atom is 0.410 e. The van der Waals surface area contributed by atoms with E-state index < -0.39 is 0 Å². The van der Waals surface area contributed by atoms with Crippen molar-refractivity contribution in [3.63, 3.8) is 0 Å². The van der Waals surface area contributed by atoms with Crippen molar-refractivity contribution in [3.05, 3.63) is 35.9 Å². The molecular formula is C29H44N4O4. The Bertz CT molecular complexity index is 1000. The van der Waals surface area contributed by atoms with E-state index >= 15 is 0 Å². The molecule has 4 atom stereocenters. The summed E-state index contributed by atoms with van der Waals surface area (Å²) in [6.45, 7) is 12.8. The van der Waals surface area contributed by atoms with Crippen molar-refractivity contribution in [2.75, 3.05) is 6.61 Å². The Hall–Kier alpha value is -2.90. The van der Waals surface area contributed by atoms with Crippen LogP contribution in [0, 0.1) is 19.8 Å². The normalized spacial score (nSPS) is 18.9. The minimum absolute atomic E-state index is 0.0774. The number of aromatic nitrogens is 3. The summed E-state index contributed by atoms with van der Waals surface area (Å²) in [5, 5.41) is 0. The second-order valence-corrected chi connectivity index (χ2v) is 10.3. The highest BCUT2D eigenvalue weighted by atomic mass is 16.6. The maximum absolute atomic E-state index is 13.1. The molecule has 2 aromatic heterocycles. The van der Waals surface area contributed by atoms with Gasteiger partial charge in [-0.25, -0.2) is 14.8 Å². The highest BCUT2D eigenvalue weighted by Gasteiger charge is 2.36. The van der Waals surface area contributed by atoms with Gasteiger partial charge in [0.15, 0.2) is 5.75 Å². The van der Waals surface area contributed by atoms with Crippen molar-refractivity contribution in [1.29, 1.82) is 0 Å². The van der Waals surface area contributed by atoms with Crippen molar-refractivity contribution >= 4 is 6.09 Å². The number of aryl methyl sites for hydroxylation is 1. The first-order valence-corrected chi connectivity index (χ1v) is 13.9. The van der Waals surface area contributed by atoms with Crippen LogP contribution < -0.4 is 9.47 Å². The van der Waals surface area contributed by atoms with Crippen molar-refractivity contribution < 1.29 is 19.0 Å². The van der Waals surface area contributed by atoms with Crippen LogP contribution in [0.5, 0.6) is 17.5 Å². The number of carbonyl (C=O) groups excluding carboxylic acids is 1. The lowest BCUT2D eigenvalue weighted by molar-refractivity contribution is 0.0625. The number of ether oxygens (including phenoxy) is 3. The third-order valence-electron chi connectivity index (χ3n) is 7.31. The number of unbranched alkanes of at least 4 members (excludes halogenated alkanes) is 2. The number of pyridine rings is 1. The van der Waals surface area contributed by atoms with Crippen molar-refractivity contribution in [1.82, 2.24) is 19.9 Å². The number of nitrogens with zero attached hydrogens (tertiary/aromatic N) is 4. The minimum Gasteiger partial charge on any atom is -0.474 e. The minimum atomic E-state index is -0.197. The highest BCUT2D eigenvalue weighted by molar-refractivity contribution is 5.69. The van der Waals surface area contributed by atoms with Gasteiger partial charge in [-0.15, -0.1) is 0 Å². The Morgan fingerprint density at radius 1 is 1.14 bits per heavy atom. The summed E-state index contributed by atoms with van der Waals surface area (Å²) in [6, 6.07) is 3.92. The highest BCUT2D eigenvalue weighted by Crippen LogP contribution is 2.32. The first-order valence-electron chi connectivity index (χ1n) is 13.9. The number of hydrogen-bond donors (Lipinski definition) is 0. The standard InChI is InChI=1S/C29H44N4O4/c1-7-9-10-12-24(8-2)18-35-29(34)33-20(3)14-15-25(33)17-21(4)36-27-22(5)28(32-19-31-27)37-26-13-11-16-30-23(26)6/h11,13,16,19-21,24-25H,7-10,12,14-15,17-18H2,1-6H3/t20?,21-,24?,25?/m1/s1. The summed E-state index contributed by atoms with van der Waals surface area (Å²) < 4.78 is 18.0. The molecule has 0 radical (unpaired) electrons. The molecule has 3 heterocycles. The van der Waals surface area contributed by atoms with Gasteiger partial charge in [0, 0.05) is 24.7 Å². The van der Waals surface area contributed by atoms with Gasteiger partial charge in [-0.1, -0.05) is 39.5 Å². The molecule has 204 valence electrons. The van der Waals surface area contributed by atoms with Crippen LogP contribution in [-0.4, -0.2) is 50.7 Å². The third kappa shape index (κ3) is 8.04. The molecule has 3 rings (SSSR count). The number of likely N-dealkylation sites (tertiary alicyclic amines) is 1. The topological polar surface area (TPSA) is 86.7 Å². The van der Waals surface area contributed by atoms with Crippen LogP contribution in [0.4, 0.5) is 4.79 Å². The fourth-order valence-electron chi connectivity index (χ4n) is 4.93. The molecule has 0 saturated carbocycles. The first kappa shape index (κ1) is 28.7. The fourth-order valence-corrected chi connectivity index (χ4v) is 4.93. The quantitative estimate of drug-likeness (QED) is 0.266. The van der Waals surface area contributed by atoms with Gasteiger partial charge in [0.2, 0.25) is 11.8 Å². The van der Waals surface area contributed by atoms with Crippen molar-refractivity contribution in [3.8, 4) is 17.5 Å². The van der Waals surface area contributed by atoms with Crippen LogP contribution >= 0.6 is 0 Å². The lowest BCUT2D eigenvalue weighted by Crippen LogP contribution is -2.42. The zero-order valence-corrected chi connectivity index (χ0v) is 23.4. The largest absolute Gasteiger partial charge is 0.474 e. The molecule has 1 aliphatic rings. The van der Waals surface area contributed by atoms with E-state index in [1.807, 2.05) is 37.8 Å². The van der Waals surface area contributed by atoms with Gasteiger partial charge in [-0.3, -0.25) is 4.98 Å². The van der Waals surface area contributed by atoms with E-state index in [0.29, 0.717) is 36.5 Å². The average molecular weight is 513 g/mol. The monoisotopic (exact) mass is 512 g/mol. The molecule has 8 heteroatoms. The smallest absolute Gasteiger partial charge is 0.410 e. The molecule has 37 heavy (non-hydrogen) atoms. The SMILES string of the molecule is CCCCCC(CC)COC(=O)N1C(C)CCC1C[C@@H](C)Oc1ncnc(Oc2cccnc2C)c1C. The Morgan fingerprint density at radius 3 is 2.65 bits per heavy atom. The third-order valence-corrected chi connectivity index (χ3v) is 7.31.